The van der Waals surface area contributed by atoms with Crippen molar-refractivity contribution in [2.75, 3.05) is 10.0 Å². The van der Waals surface area contributed by atoms with Gasteiger partial charge in [-0.2, -0.15) is 0 Å². The van der Waals surface area contributed by atoms with Gasteiger partial charge in [-0.05, 0) is 84.0 Å². The molecule has 0 unspecified atom stereocenters. The number of aryl methyl sites for hydroxylation is 2. The average Bonchev–Trinajstić information content (AvgIpc) is 3.21. The molecule has 0 heterocycles. The zero-order valence-corrected chi connectivity index (χ0v) is 18.5. The highest BCUT2D eigenvalue weighted by Crippen LogP contribution is 2.35. The first-order chi connectivity index (χ1) is 15.4. The van der Waals surface area contributed by atoms with Crippen LogP contribution in [0.4, 0.5) is 11.4 Å². The molecule has 0 fully saturated rings. The van der Waals surface area contributed by atoms with Crippen LogP contribution in [0.2, 0.25) is 5.02 Å². The summed E-state index contributed by atoms with van der Waals surface area (Å²) in [6, 6.07) is 22.4. The van der Waals surface area contributed by atoms with Gasteiger partial charge in [0.15, 0.2) is 0 Å². The minimum Gasteiger partial charge on any atom is -0.321 e. The fourth-order valence-electron chi connectivity index (χ4n) is 4.07. The van der Waals surface area contributed by atoms with Crippen LogP contribution in [0.15, 0.2) is 83.8 Å². The molecule has 1 aliphatic carbocycles. The van der Waals surface area contributed by atoms with Gasteiger partial charge in [0, 0.05) is 27.3 Å². The largest absolute Gasteiger partial charge is 0.321 e. The smallest absolute Gasteiger partial charge is 0.261 e. The molecule has 0 radical (unpaired) electrons. The van der Waals surface area contributed by atoms with Gasteiger partial charge in [-0.3, -0.25) is 9.52 Å². The second-order valence-electron chi connectivity index (χ2n) is 7.70. The van der Waals surface area contributed by atoms with Gasteiger partial charge in [-0.25, -0.2) is 8.42 Å². The lowest BCUT2D eigenvalue weighted by atomic mass is 10.0. The van der Waals surface area contributed by atoms with Crippen LogP contribution in [0.3, 0.4) is 0 Å². The van der Waals surface area contributed by atoms with E-state index in [9.17, 15) is 13.2 Å². The summed E-state index contributed by atoms with van der Waals surface area (Å²) in [5.41, 5.74) is 4.19. The molecule has 0 saturated carbocycles. The summed E-state index contributed by atoms with van der Waals surface area (Å²) in [6.45, 7) is 0. The summed E-state index contributed by atoms with van der Waals surface area (Å²) in [5, 5.41) is 5.72. The van der Waals surface area contributed by atoms with Crippen molar-refractivity contribution >= 4 is 49.7 Å². The third-order valence-corrected chi connectivity index (χ3v) is 7.30. The molecular weight excluding hydrogens is 444 g/mol. The Bertz CT molecular complexity index is 1440. The van der Waals surface area contributed by atoms with Gasteiger partial charge in [0.05, 0.1) is 4.90 Å². The molecule has 5 nitrogen and oxygen atoms in total. The summed E-state index contributed by atoms with van der Waals surface area (Å²) in [4.78, 5) is 12.9. The van der Waals surface area contributed by atoms with E-state index in [1.807, 2.05) is 18.2 Å². The third-order valence-electron chi connectivity index (χ3n) is 5.65. The normalized spacial score (nSPS) is 12.7. The summed E-state index contributed by atoms with van der Waals surface area (Å²) in [5.74, 6) is -0.254. The molecule has 0 bridgehead atoms. The number of benzene rings is 4. The van der Waals surface area contributed by atoms with Crippen LogP contribution in [0.1, 0.15) is 21.5 Å². The fourth-order valence-corrected chi connectivity index (χ4v) is 5.25. The minimum atomic E-state index is -3.75. The topological polar surface area (TPSA) is 75.3 Å². The quantitative estimate of drug-likeness (QED) is 0.402. The van der Waals surface area contributed by atoms with Crippen molar-refractivity contribution in [3.8, 4) is 0 Å². The molecule has 0 spiro atoms. The summed E-state index contributed by atoms with van der Waals surface area (Å²) >= 11 is 5.82. The highest BCUT2D eigenvalue weighted by atomic mass is 35.5. The molecule has 1 aliphatic rings. The lowest BCUT2D eigenvalue weighted by Crippen LogP contribution is -2.14. The first kappa shape index (κ1) is 20.5. The van der Waals surface area contributed by atoms with E-state index in [1.54, 1.807) is 24.3 Å². The van der Waals surface area contributed by atoms with E-state index in [0.717, 1.165) is 23.9 Å². The van der Waals surface area contributed by atoms with Gasteiger partial charge in [-0.15, -0.1) is 0 Å². The standard InChI is InChI=1S/C25H19ClN2O3S/c26-19-9-13-21(14-10-19)32(30,31)28-20-11-6-18(7-12-20)25(29)27-23-15-8-17-5-4-16-2-1-3-22(23)24(16)17/h1-3,6-15,28H,4-5H2,(H,27,29). The van der Waals surface area contributed by atoms with Crippen molar-refractivity contribution < 1.29 is 13.2 Å². The van der Waals surface area contributed by atoms with E-state index in [4.69, 9.17) is 11.6 Å². The number of hydrogen-bond donors (Lipinski definition) is 2. The monoisotopic (exact) mass is 462 g/mol. The van der Waals surface area contributed by atoms with Crippen LogP contribution in [-0.2, 0) is 22.9 Å². The minimum absolute atomic E-state index is 0.107. The van der Waals surface area contributed by atoms with E-state index in [0.29, 0.717) is 16.3 Å². The predicted octanol–water partition coefficient (Wildman–Crippen LogP) is 5.64. The average molecular weight is 463 g/mol. The Morgan fingerprint density at radius 3 is 2.22 bits per heavy atom. The molecule has 32 heavy (non-hydrogen) atoms. The Kier molecular flexibility index (Phi) is 5.12. The fraction of sp³-hybridized carbons (Fsp3) is 0.0800. The number of hydrogen-bond acceptors (Lipinski definition) is 3. The second-order valence-corrected chi connectivity index (χ2v) is 9.82. The zero-order chi connectivity index (χ0) is 22.3. The molecule has 0 aromatic heterocycles. The van der Waals surface area contributed by atoms with E-state index in [-0.39, 0.29) is 10.8 Å². The van der Waals surface area contributed by atoms with Crippen LogP contribution in [0.5, 0.6) is 0 Å². The van der Waals surface area contributed by atoms with Crippen LogP contribution in [-0.4, -0.2) is 14.3 Å². The Morgan fingerprint density at radius 2 is 1.50 bits per heavy atom. The van der Waals surface area contributed by atoms with Gasteiger partial charge in [0.1, 0.15) is 0 Å². The molecule has 1 amide bonds. The van der Waals surface area contributed by atoms with E-state index in [2.05, 4.69) is 22.2 Å². The van der Waals surface area contributed by atoms with Gasteiger partial charge in [0.2, 0.25) is 0 Å². The predicted molar refractivity (Wildman–Crippen MR) is 128 cm³/mol. The van der Waals surface area contributed by atoms with Crippen molar-refractivity contribution in [3.63, 3.8) is 0 Å². The maximum Gasteiger partial charge on any atom is 0.261 e. The molecule has 5 rings (SSSR count). The Hall–Kier alpha value is -3.35. The Balaban J connectivity index is 1.34. The number of sulfonamides is 1. The molecule has 160 valence electrons. The Morgan fingerprint density at radius 1 is 0.812 bits per heavy atom. The Labute approximate surface area is 191 Å². The van der Waals surface area contributed by atoms with Crippen molar-refractivity contribution in [2.45, 2.75) is 17.7 Å². The molecule has 7 heteroatoms. The van der Waals surface area contributed by atoms with Crippen LogP contribution >= 0.6 is 11.6 Å². The van der Waals surface area contributed by atoms with E-state index < -0.39 is 10.0 Å². The maximum atomic E-state index is 12.8. The lowest BCUT2D eigenvalue weighted by molar-refractivity contribution is 0.102. The number of nitrogens with one attached hydrogen (secondary N) is 2. The summed E-state index contributed by atoms with van der Waals surface area (Å²) in [6.07, 6.45) is 2.05. The van der Waals surface area contributed by atoms with Gasteiger partial charge >= 0.3 is 0 Å². The van der Waals surface area contributed by atoms with Crippen molar-refractivity contribution in [3.05, 3.63) is 101 Å². The first-order valence-corrected chi connectivity index (χ1v) is 12.0. The highest BCUT2D eigenvalue weighted by molar-refractivity contribution is 7.92. The van der Waals surface area contributed by atoms with Crippen molar-refractivity contribution in [1.29, 1.82) is 0 Å². The second kappa shape index (κ2) is 7.97. The van der Waals surface area contributed by atoms with Gasteiger partial charge in [0.25, 0.3) is 15.9 Å². The van der Waals surface area contributed by atoms with Crippen LogP contribution in [0, 0.1) is 0 Å². The summed E-state index contributed by atoms with van der Waals surface area (Å²) < 4.78 is 27.6. The molecular formula is C25H19ClN2O3S. The molecule has 4 aromatic rings. The third kappa shape index (κ3) is 3.83. The van der Waals surface area contributed by atoms with Crippen LogP contribution < -0.4 is 10.0 Å². The van der Waals surface area contributed by atoms with Crippen molar-refractivity contribution in [1.82, 2.24) is 0 Å². The highest BCUT2D eigenvalue weighted by Gasteiger charge is 2.18. The number of halogens is 1. The van der Waals surface area contributed by atoms with E-state index in [1.165, 1.54) is 40.8 Å². The van der Waals surface area contributed by atoms with Gasteiger partial charge in [-0.1, -0.05) is 35.9 Å². The zero-order valence-electron chi connectivity index (χ0n) is 16.9. The number of amides is 1. The lowest BCUT2D eigenvalue weighted by Gasteiger charge is -2.12. The SMILES string of the molecule is O=C(Nc1ccc2c3c(cccc13)CC2)c1ccc(NS(=O)(=O)c2ccc(Cl)cc2)cc1. The first-order valence-electron chi connectivity index (χ1n) is 10.1. The molecule has 4 aromatic carbocycles. The van der Waals surface area contributed by atoms with Crippen molar-refractivity contribution in [2.24, 2.45) is 0 Å². The van der Waals surface area contributed by atoms with Gasteiger partial charge < -0.3 is 5.32 Å². The van der Waals surface area contributed by atoms with Crippen LogP contribution in [0.25, 0.3) is 10.8 Å². The molecule has 0 saturated heterocycles. The molecule has 0 atom stereocenters. The number of anilines is 2. The number of carbonyl (C=O) groups excluding carboxylic acids is 1. The molecule has 2 N–H and O–H groups in total. The maximum absolute atomic E-state index is 12.8. The van der Waals surface area contributed by atoms with E-state index >= 15 is 0 Å². The number of rotatable bonds is 5. The number of carbonyl (C=O) groups is 1. The summed E-state index contributed by atoms with van der Waals surface area (Å²) in [7, 11) is -3.75. The molecule has 0 aliphatic heterocycles.